The van der Waals surface area contributed by atoms with Gasteiger partial charge in [-0.25, -0.2) is 0 Å². The summed E-state index contributed by atoms with van der Waals surface area (Å²) in [5, 5.41) is 0. The minimum Gasteiger partial charge on any atom is -0.370 e. The molecular formula is C13H18F3NO. The van der Waals surface area contributed by atoms with Gasteiger partial charge >= 0.3 is 6.18 Å². The number of nitrogens with two attached hydrogens (primary N) is 1. The van der Waals surface area contributed by atoms with E-state index in [9.17, 15) is 13.2 Å². The van der Waals surface area contributed by atoms with E-state index in [0.29, 0.717) is 5.92 Å². The van der Waals surface area contributed by atoms with E-state index in [0.717, 1.165) is 5.56 Å². The number of alkyl halides is 3. The van der Waals surface area contributed by atoms with Gasteiger partial charge in [0.1, 0.15) is 6.61 Å². The van der Waals surface area contributed by atoms with Crippen molar-refractivity contribution >= 4 is 0 Å². The second-order valence-corrected chi connectivity index (χ2v) is 4.56. The highest BCUT2D eigenvalue weighted by Gasteiger charge is 2.27. The Morgan fingerprint density at radius 2 is 1.61 bits per heavy atom. The largest absolute Gasteiger partial charge is 0.411 e. The smallest absolute Gasteiger partial charge is 0.370 e. The van der Waals surface area contributed by atoms with Crippen molar-refractivity contribution in [3.8, 4) is 0 Å². The lowest BCUT2D eigenvalue weighted by molar-refractivity contribution is -0.174. The van der Waals surface area contributed by atoms with Crippen LogP contribution in [0, 0.1) is 0 Å². The van der Waals surface area contributed by atoms with Crippen LogP contribution in [0.1, 0.15) is 36.9 Å². The van der Waals surface area contributed by atoms with Crippen LogP contribution in [0.2, 0.25) is 0 Å². The van der Waals surface area contributed by atoms with E-state index in [1.165, 1.54) is 5.56 Å². The highest BCUT2D eigenvalue weighted by Crippen LogP contribution is 2.19. The maximum Gasteiger partial charge on any atom is 0.411 e. The van der Waals surface area contributed by atoms with Crippen LogP contribution in [0.3, 0.4) is 0 Å². The molecule has 0 spiro atoms. The molecule has 2 N–H and O–H groups in total. The fourth-order valence-corrected chi connectivity index (χ4v) is 1.53. The highest BCUT2D eigenvalue weighted by atomic mass is 19.4. The molecule has 1 rings (SSSR count). The zero-order valence-corrected chi connectivity index (χ0v) is 10.5. The Labute approximate surface area is 105 Å². The number of halogens is 3. The van der Waals surface area contributed by atoms with Crippen LogP contribution in [-0.2, 0) is 4.74 Å². The lowest BCUT2D eigenvalue weighted by Crippen LogP contribution is -2.23. The fraction of sp³-hybridized carbons (Fsp3) is 0.538. The number of hydrogen-bond donors (Lipinski definition) is 1. The summed E-state index contributed by atoms with van der Waals surface area (Å²) in [4.78, 5) is 0. The maximum atomic E-state index is 11.9. The summed E-state index contributed by atoms with van der Waals surface area (Å²) in [6.07, 6.45) is -4.30. The van der Waals surface area contributed by atoms with Crippen LogP contribution in [0.15, 0.2) is 24.3 Å². The van der Waals surface area contributed by atoms with Gasteiger partial charge in [0.05, 0.1) is 12.6 Å². The lowest BCUT2D eigenvalue weighted by Gasteiger charge is -2.15. The predicted octanol–water partition coefficient (Wildman–Crippen LogP) is 3.39. The van der Waals surface area contributed by atoms with E-state index in [-0.39, 0.29) is 6.61 Å². The van der Waals surface area contributed by atoms with Crippen molar-refractivity contribution in [3.63, 3.8) is 0 Å². The third-order valence-corrected chi connectivity index (χ3v) is 2.59. The van der Waals surface area contributed by atoms with E-state index >= 15 is 0 Å². The van der Waals surface area contributed by atoms with Crippen molar-refractivity contribution in [1.82, 2.24) is 0 Å². The Balaban J connectivity index is 2.49. The zero-order valence-electron chi connectivity index (χ0n) is 10.5. The van der Waals surface area contributed by atoms with Gasteiger partial charge in [-0.05, 0) is 17.0 Å². The van der Waals surface area contributed by atoms with E-state index in [4.69, 9.17) is 5.73 Å². The first-order valence-corrected chi connectivity index (χ1v) is 5.79. The fourth-order valence-electron chi connectivity index (χ4n) is 1.53. The molecule has 0 saturated heterocycles. The standard InChI is InChI=1S/C13H18F3NO/c1-9(2)10-3-5-11(6-4-10)12(17)7-18-8-13(14,15)16/h3-6,9,12H,7-8,17H2,1-2H3. The number of hydrogen-bond acceptors (Lipinski definition) is 2. The van der Waals surface area contributed by atoms with Crippen LogP contribution in [0.25, 0.3) is 0 Å². The van der Waals surface area contributed by atoms with Gasteiger partial charge in [-0.3, -0.25) is 0 Å². The SMILES string of the molecule is CC(C)c1ccc(C(N)COCC(F)(F)F)cc1. The normalized spacial score (nSPS) is 13.9. The van der Waals surface area contributed by atoms with E-state index in [1.54, 1.807) is 0 Å². The first kappa shape index (κ1) is 15.0. The Hall–Kier alpha value is -1.07. The van der Waals surface area contributed by atoms with Crippen molar-refractivity contribution in [3.05, 3.63) is 35.4 Å². The molecule has 0 aliphatic rings. The molecule has 0 radical (unpaired) electrons. The van der Waals surface area contributed by atoms with Crippen molar-refractivity contribution in [2.45, 2.75) is 32.0 Å². The Morgan fingerprint density at radius 1 is 1.11 bits per heavy atom. The summed E-state index contributed by atoms with van der Waals surface area (Å²) in [5.41, 5.74) is 7.71. The van der Waals surface area contributed by atoms with E-state index in [1.807, 2.05) is 24.3 Å². The number of ether oxygens (including phenoxy) is 1. The van der Waals surface area contributed by atoms with Gasteiger partial charge in [-0.1, -0.05) is 38.1 Å². The van der Waals surface area contributed by atoms with Crippen molar-refractivity contribution < 1.29 is 17.9 Å². The van der Waals surface area contributed by atoms with Crippen molar-refractivity contribution in [2.24, 2.45) is 5.73 Å². The second kappa shape index (κ2) is 6.20. The van der Waals surface area contributed by atoms with Gasteiger partial charge in [-0.15, -0.1) is 0 Å². The van der Waals surface area contributed by atoms with Gasteiger partial charge in [0.15, 0.2) is 0 Å². The average molecular weight is 261 g/mol. The molecule has 0 aromatic heterocycles. The molecule has 1 unspecified atom stereocenters. The van der Waals surface area contributed by atoms with Crippen LogP contribution in [0.4, 0.5) is 13.2 Å². The van der Waals surface area contributed by atoms with Gasteiger partial charge in [-0.2, -0.15) is 13.2 Å². The van der Waals surface area contributed by atoms with Crippen LogP contribution < -0.4 is 5.73 Å². The lowest BCUT2D eigenvalue weighted by atomic mass is 10.00. The maximum absolute atomic E-state index is 11.9. The molecule has 0 aliphatic carbocycles. The van der Waals surface area contributed by atoms with E-state index < -0.39 is 18.8 Å². The molecule has 0 heterocycles. The van der Waals surface area contributed by atoms with Crippen molar-refractivity contribution in [2.75, 3.05) is 13.2 Å². The van der Waals surface area contributed by atoms with Crippen LogP contribution in [-0.4, -0.2) is 19.4 Å². The van der Waals surface area contributed by atoms with Gasteiger partial charge < -0.3 is 10.5 Å². The van der Waals surface area contributed by atoms with Crippen LogP contribution in [0.5, 0.6) is 0 Å². The summed E-state index contributed by atoms with van der Waals surface area (Å²) in [5.74, 6) is 0.414. The molecule has 2 nitrogen and oxygen atoms in total. The van der Waals surface area contributed by atoms with Gasteiger partial charge in [0.25, 0.3) is 0 Å². The summed E-state index contributed by atoms with van der Waals surface area (Å²) in [7, 11) is 0. The summed E-state index contributed by atoms with van der Waals surface area (Å²) >= 11 is 0. The summed E-state index contributed by atoms with van der Waals surface area (Å²) in [6, 6.07) is 7.00. The van der Waals surface area contributed by atoms with Crippen LogP contribution >= 0.6 is 0 Å². The molecule has 1 aromatic rings. The zero-order chi connectivity index (χ0) is 13.8. The summed E-state index contributed by atoms with van der Waals surface area (Å²) in [6.45, 7) is 2.74. The average Bonchev–Trinajstić information content (AvgIpc) is 2.27. The first-order chi connectivity index (χ1) is 8.29. The molecule has 0 bridgehead atoms. The third kappa shape index (κ3) is 5.06. The number of benzene rings is 1. The van der Waals surface area contributed by atoms with Crippen molar-refractivity contribution in [1.29, 1.82) is 0 Å². The third-order valence-electron chi connectivity index (χ3n) is 2.59. The molecule has 0 fully saturated rings. The molecule has 1 aromatic carbocycles. The molecular weight excluding hydrogens is 243 g/mol. The predicted molar refractivity (Wildman–Crippen MR) is 64.3 cm³/mol. The molecule has 18 heavy (non-hydrogen) atoms. The van der Waals surface area contributed by atoms with Gasteiger partial charge in [0.2, 0.25) is 0 Å². The topological polar surface area (TPSA) is 35.2 Å². The summed E-state index contributed by atoms with van der Waals surface area (Å²) < 4.78 is 40.2. The molecule has 5 heteroatoms. The monoisotopic (exact) mass is 261 g/mol. The Kier molecular flexibility index (Phi) is 5.16. The minimum absolute atomic E-state index is 0.138. The quantitative estimate of drug-likeness (QED) is 0.881. The molecule has 1 atom stereocenters. The van der Waals surface area contributed by atoms with E-state index in [2.05, 4.69) is 18.6 Å². The molecule has 102 valence electrons. The highest BCUT2D eigenvalue weighted by molar-refractivity contribution is 5.26. The Morgan fingerprint density at radius 3 is 2.06 bits per heavy atom. The molecule has 0 amide bonds. The molecule has 0 aliphatic heterocycles. The second-order valence-electron chi connectivity index (χ2n) is 4.56. The molecule has 0 saturated carbocycles. The Bertz CT molecular complexity index is 359. The number of rotatable bonds is 5. The van der Waals surface area contributed by atoms with Gasteiger partial charge in [0, 0.05) is 0 Å². The first-order valence-electron chi connectivity index (χ1n) is 5.79. The minimum atomic E-state index is -4.30.